The molecule has 0 aromatic carbocycles. The number of carboxylic acid groups (broad SMARTS) is 1. The Bertz CT molecular complexity index is 521. The van der Waals surface area contributed by atoms with Crippen LogP contribution in [0.25, 0.3) is 0 Å². The minimum Gasteiger partial charge on any atom is -0.480 e. The van der Waals surface area contributed by atoms with Gasteiger partial charge in [-0.05, 0) is 13.3 Å². The largest absolute Gasteiger partial charge is 0.480 e. The van der Waals surface area contributed by atoms with Gasteiger partial charge in [-0.15, -0.1) is 0 Å². The smallest absolute Gasteiger partial charge is 0.325 e. The van der Waals surface area contributed by atoms with Crippen LogP contribution in [0.4, 0.5) is 10.5 Å². The zero-order chi connectivity index (χ0) is 13.8. The Morgan fingerprint density at radius 3 is 2.95 bits per heavy atom. The Balaban J connectivity index is 1.92. The summed E-state index contributed by atoms with van der Waals surface area (Å²) in [5.74, 6) is -0.974. The lowest BCUT2D eigenvalue weighted by Crippen LogP contribution is -2.37. The second-order valence-electron chi connectivity index (χ2n) is 4.50. The van der Waals surface area contributed by atoms with Gasteiger partial charge in [0.2, 0.25) is 0 Å². The van der Waals surface area contributed by atoms with E-state index in [0.29, 0.717) is 18.8 Å². The van der Waals surface area contributed by atoms with E-state index >= 15 is 0 Å². The van der Waals surface area contributed by atoms with Gasteiger partial charge in [0.25, 0.3) is 0 Å². The number of anilines is 1. The molecule has 0 fully saturated rings. The summed E-state index contributed by atoms with van der Waals surface area (Å²) in [5.41, 5.74) is 1.79. The van der Waals surface area contributed by atoms with Gasteiger partial charge in [-0.25, -0.2) is 4.79 Å². The standard InChI is InChI=1S/C12H16N4O3/c1-9-2-4-15(5-3-9)12(19)14-10-6-13-16(7-10)8-11(17)18/h2,6-7H,3-5,8H2,1H3,(H,14,19)(H,17,18). The van der Waals surface area contributed by atoms with Crippen LogP contribution >= 0.6 is 0 Å². The van der Waals surface area contributed by atoms with Crippen LogP contribution in [0.3, 0.4) is 0 Å². The normalized spacial score (nSPS) is 15.0. The lowest BCUT2D eigenvalue weighted by Gasteiger charge is -2.25. The van der Waals surface area contributed by atoms with Crippen LogP contribution in [0, 0.1) is 0 Å². The van der Waals surface area contributed by atoms with Crippen molar-refractivity contribution in [2.24, 2.45) is 0 Å². The van der Waals surface area contributed by atoms with E-state index in [1.54, 1.807) is 4.90 Å². The molecule has 2 heterocycles. The van der Waals surface area contributed by atoms with Crippen molar-refractivity contribution in [1.29, 1.82) is 0 Å². The van der Waals surface area contributed by atoms with Gasteiger partial charge in [0.1, 0.15) is 6.54 Å². The molecule has 0 saturated heterocycles. The van der Waals surface area contributed by atoms with E-state index in [1.165, 1.54) is 22.6 Å². The van der Waals surface area contributed by atoms with Crippen LogP contribution in [-0.2, 0) is 11.3 Å². The molecule has 1 aromatic rings. The second kappa shape index (κ2) is 5.55. The molecule has 7 nitrogen and oxygen atoms in total. The summed E-state index contributed by atoms with van der Waals surface area (Å²) in [7, 11) is 0. The molecule has 0 saturated carbocycles. The highest BCUT2D eigenvalue weighted by Crippen LogP contribution is 2.12. The number of aliphatic carboxylic acids is 1. The summed E-state index contributed by atoms with van der Waals surface area (Å²) >= 11 is 0. The first-order chi connectivity index (χ1) is 9.04. The average Bonchev–Trinajstić information content (AvgIpc) is 2.76. The van der Waals surface area contributed by atoms with Gasteiger partial charge in [0.05, 0.1) is 11.9 Å². The topological polar surface area (TPSA) is 87.5 Å². The van der Waals surface area contributed by atoms with E-state index in [0.717, 1.165) is 6.42 Å². The maximum absolute atomic E-state index is 11.9. The first kappa shape index (κ1) is 13.1. The maximum atomic E-state index is 11.9. The molecule has 2 N–H and O–H groups in total. The van der Waals surface area contributed by atoms with Gasteiger partial charge in [0.15, 0.2) is 0 Å². The van der Waals surface area contributed by atoms with Crippen molar-refractivity contribution >= 4 is 17.7 Å². The number of hydrogen-bond donors (Lipinski definition) is 2. The first-order valence-electron chi connectivity index (χ1n) is 6.00. The van der Waals surface area contributed by atoms with E-state index < -0.39 is 5.97 Å². The van der Waals surface area contributed by atoms with E-state index in [9.17, 15) is 9.59 Å². The first-order valence-corrected chi connectivity index (χ1v) is 6.00. The van der Waals surface area contributed by atoms with Gasteiger partial charge in [-0.1, -0.05) is 11.6 Å². The molecule has 0 spiro atoms. The van der Waals surface area contributed by atoms with Gasteiger partial charge >= 0.3 is 12.0 Å². The Labute approximate surface area is 110 Å². The van der Waals surface area contributed by atoms with Crippen LogP contribution in [-0.4, -0.2) is 44.9 Å². The van der Waals surface area contributed by atoms with Crippen molar-refractivity contribution < 1.29 is 14.7 Å². The number of nitrogens with zero attached hydrogens (tertiary/aromatic N) is 3. The van der Waals surface area contributed by atoms with Crippen molar-refractivity contribution in [3.8, 4) is 0 Å². The van der Waals surface area contributed by atoms with Crippen LogP contribution in [0.1, 0.15) is 13.3 Å². The fraction of sp³-hybridized carbons (Fsp3) is 0.417. The molecule has 0 unspecified atom stereocenters. The highest BCUT2D eigenvalue weighted by molar-refractivity contribution is 5.89. The number of amides is 2. The molecule has 19 heavy (non-hydrogen) atoms. The van der Waals surface area contributed by atoms with Crippen molar-refractivity contribution in [3.63, 3.8) is 0 Å². The highest BCUT2D eigenvalue weighted by atomic mass is 16.4. The number of nitrogens with one attached hydrogen (secondary N) is 1. The summed E-state index contributed by atoms with van der Waals surface area (Å²) in [6, 6.07) is -0.196. The third-order valence-corrected chi connectivity index (χ3v) is 2.91. The highest BCUT2D eigenvalue weighted by Gasteiger charge is 2.16. The van der Waals surface area contributed by atoms with Crippen molar-refractivity contribution in [2.75, 3.05) is 18.4 Å². The van der Waals surface area contributed by atoms with Crippen molar-refractivity contribution in [1.82, 2.24) is 14.7 Å². The minimum absolute atomic E-state index is 0.196. The molecule has 7 heteroatoms. The molecule has 1 aliphatic rings. The summed E-state index contributed by atoms with van der Waals surface area (Å²) in [6.45, 7) is 3.12. The van der Waals surface area contributed by atoms with Crippen LogP contribution in [0.5, 0.6) is 0 Å². The van der Waals surface area contributed by atoms with E-state index in [2.05, 4.69) is 10.4 Å². The number of urea groups is 1. The van der Waals surface area contributed by atoms with E-state index in [-0.39, 0.29) is 12.6 Å². The molecule has 0 atom stereocenters. The van der Waals surface area contributed by atoms with Crippen molar-refractivity contribution in [2.45, 2.75) is 19.9 Å². The van der Waals surface area contributed by atoms with Gasteiger partial charge in [0, 0.05) is 19.3 Å². The number of hydrogen-bond acceptors (Lipinski definition) is 3. The molecule has 2 amide bonds. The zero-order valence-electron chi connectivity index (χ0n) is 10.7. The third-order valence-electron chi connectivity index (χ3n) is 2.91. The fourth-order valence-electron chi connectivity index (χ4n) is 1.81. The fourth-order valence-corrected chi connectivity index (χ4v) is 1.81. The Hall–Kier alpha value is -2.31. The van der Waals surface area contributed by atoms with Crippen LogP contribution < -0.4 is 5.32 Å². The quantitative estimate of drug-likeness (QED) is 0.802. The molecule has 102 valence electrons. The Kier molecular flexibility index (Phi) is 3.84. The van der Waals surface area contributed by atoms with Gasteiger partial charge in [-0.3, -0.25) is 9.48 Å². The molecule has 2 rings (SSSR count). The SMILES string of the molecule is CC1=CCN(C(=O)Nc2cnn(CC(=O)O)c2)CC1. The number of carbonyl (C=O) groups excluding carboxylic acids is 1. The van der Waals surface area contributed by atoms with Crippen LogP contribution in [0.2, 0.25) is 0 Å². The number of aromatic nitrogens is 2. The molecule has 0 bridgehead atoms. The number of carbonyl (C=O) groups is 2. The van der Waals surface area contributed by atoms with E-state index in [4.69, 9.17) is 5.11 Å². The summed E-state index contributed by atoms with van der Waals surface area (Å²) in [4.78, 5) is 24.1. The predicted molar refractivity (Wildman–Crippen MR) is 68.8 cm³/mol. The minimum atomic E-state index is -0.974. The lowest BCUT2D eigenvalue weighted by atomic mass is 10.1. The lowest BCUT2D eigenvalue weighted by molar-refractivity contribution is -0.137. The summed E-state index contributed by atoms with van der Waals surface area (Å²) < 4.78 is 1.26. The Morgan fingerprint density at radius 2 is 2.32 bits per heavy atom. The summed E-state index contributed by atoms with van der Waals surface area (Å²) in [6.07, 6.45) is 5.84. The van der Waals surface area contributed by atoms with Gasteiger partial charge in [-0.2, -0.15) is 5.10 Å². The van der Waals surface area contributed by atoms with Crippen molar-refractivity contribution in [3.05, 3.63) is 24.0 Å². The molecule has 0 radical (unpaired) electrons. The van der Waals surface area contributed by atoms with Gasteiger partial charge < -0.3 is 15.3 Å². The Morgan fingerprint density at radius 1 is 1.53 bits per heavy atom. The molecular formula is C12H16N4O3. The van der Waals surface area contributed by atoms with Crippen LogP contribution in [0.15, 0.2) is 24.0 Å². The predicted octanol–water partition coefficient (Wildman–Crippen LogP) is 1.15. The molecule has 1 aromatic heterocycles. The third kappa shape index (κ3) is 3.57. The maximum Gasteiger partial charge on any atom is 0.325 e. The molecule has 1 aliphatic heterocycles. The number of rotatable bonds is 3. The molecule has 0 aliphatic carbocycles. The average molecular weight is 264 g/mol. The monoisotopic (exact) mass is 264 g/mol. The summed E-state index contributed by atoms with van der Waals surface area (Å²) in [5, 5.41) is 15.2. The number of carboxylic acids is 1. The second-order valence-corrected chi connectivity index (χ2v) is 4.50. The molecular weight excluding hydrogens is 248 g/mol. The van der Waals surface area contributed by atoms with E-state index in [1.807, 2.05) is 13.0 Å². The zero-order valence-corrected chi connectivity index (χ0v) is 10.7.